The van der Waals surface area contributed by atoms with Gasteiger partial charge in [-0.25, -0.2) is 0 Å². The van der Waals surface area contributed by atoms with Crippen molar-refractivity contribution in [3.8, 4) is 6.07 Å². The van der Waals surface area contributed by atoms with Crippen LogP contribution in [-0.4, -0.2) is 50.1 Å². The van der Waals surface area contributed by atoms with Gasteiger partial charge in [-0.3, -0.25) is 9.69 Å². The Balaban J connectivity index is 2.13. The highest BCUT2D eigenvalue weighted by atomic mass is 16.2. The summed E-state index contributed by atoms with van der Waals surface area (Å²) in [7, 11) is 1.73. The van der Waals surface area contributed by atoms with Gasteiger partial charge in [0.1, 0.15) is 6.07 Å². The molecule has 1 aliphatic rings. The number of anilines is 1. The lowest BCUT2D eigenvalue weighted by Gasteiger charge is -2.34. The molecule has 1 unspecified atom stereocenters. The van der Waals surface area contributed by atoms with Crippen LogP contribution in [0.15, 0.2) is 24.3 Å². The maximum absolute atomic E-state index is 12.6. The second kappa shape index (κ2) is 6.51. The number of nitrogens with one attached hydrogen (secondary N) is 1. The van der Waals surface area contributed by atoms with Crippen LogP contribution in [0.2, 0.25) is 0 Å². The van der Waals surface area contributed by atoms with Gasteiger partial charge in [-0.2, -0.15) is 5.26 Å². The molecule has 1 atom stereocenters. The standard InChI is InChI=1S/C15H20N4O/c1-12(19-9-7-17-8-10-19)15(20)18(2)14-6-4-3-5-13(14)11-16/h3-6,12,17H,7-10H2,1-2H3. The molecule has 0 saturated carbocycles. The zero-order valence-electron chi connectivity index (χ0n) is 12.0. The van der Waals surface area contributed by atoms with E-state index in [9.17, 15) is 4.79 Å². The van der Waals surface area contributed by atoms with Crippen LogP contribution >= 0.6 is 0 Å². The Bertz CT molecular complexity index is 517. The van der Waals surface area contributed by atoms with E-state index in [1.54, 1.807) is 30.1 Å². The summed E-state index contributed by atoms with van der Waals surface area (Å²) in [5, 5.41) is 12.4. The van der Waals surface area contributed by atoms with Crippen molar-refractivity contribution in [2.24, 2.45) is 0 Å². The third kappa shape index (κ3) is 2.98. The van der Waals surface area contributed by atoms with Gasteiger partial charge in [-0.05, 0) is 19.1 Å². The zero-order valence-corrected chi connectivity index (χ0v) is 12.0. The lowest BCUT2D eigenvalue weighted by Crippen LogP contribution is -2.53. The largest absolute Gasteiger partial charge is 0.314 e. The number of nitriles is 1. The van der Waals surface area contributed by atoms with E-state index in [2.05, 4.69) is 16.3 Å². The fraction of sp³-hybridized carbons (Fsp3) is 0.467. The van der Waals surface area contributed by atoms with E-state index in [1.807, 2.05) is 13.0 Å². The molecule has 106 valence electrons. The van der Waals surface area contributed by atoms with Crippen molar-refractivity contribution >= 4 is 11.6 Å². The first-order valence-corrected chi connectivity index (χ1v) is 6.86. The van der Waals surface area contributed by atoms with Crippen molar-refractivity contribution in [1.82, 2.24) is 10.2 Å². The molecule has 1 aromatic carbocycles. The Morgan fingerprint density at radius 1 is 1.40 bits per heavy atom. The maximum atomic E-state index is 12.6. The fourth-order valence-electron chi connectivity index (χ4n) is 2.49. The number of hydrogen-bond acceptors (Lipinski definition) is 4. The number of para-hydroxylation sites is 1. The number of benzene rings is 1. The third-order valence-corrected chi connectivity index (χ3v) is 3.77. The van der Waals surface area contributed by atoms with Crippen LogP contribution in [0.25, 0.3) is 0 Å². The van der Waals surface area contributed by atoms with Gasteiger partial charge in [0.05, 0.1) is 17.3 Å². The summed E-state index contributed by atoms with van der Waals surface area (Å²) in [5.74, 6) is 0.0228. The zero-order chi connectivity index (χ0) is 14.5. The van der Waals surface area contributed by atoms with Crippen molar-refractivity contribution in [2.75, 3.05) is 38.1 Å². The molecule has 1 heterocycles. The highest BCUT2D eigenvalue weighted by Crippen LogP contribution is 2.19. The van der Waals surface area contributed by atoms with Gasteiger partial charge in [0.25, 0.3) is 0 Å². The quantitative estimate of drug-likeness (QED) is 0.885. The van der Waals surface area contributed by atoms with Crippen molar-refractivity contribution in [3.63, 3.8) is 0 Å². The van der Waals surface area contributed by atoms with Gasteiger partial charge in [0, 0.05) is 33.2 Å². The summed E-state index contributed by atoms with van der Waals surface area (Å²) in [4.78, 5) is 16.3. The summed E-state index contributed by atoms with van der Waals surface area (Å²) in [6, 6.07) is 9.15. The molecule has 1 saturated heterocycles. The first kappa shape index (κ1) is 14.5. The Morgan fingerprint density at radius 3 is 2.70 bits per heavy atom. The lowest BCUT2D eigenvalue weighted by molar-refractivity contribution is -0.123. The average Bonchev–Trinajstić information content (AvgIpc) is 2.53. The molecular weight excluding hydrogens is 252 g/mol. The van der Waals surface area contributed by atoms with Crippen LogP contribution in [0.5, 0.6) is 0 Å². The van der Waals surface area contributed by atoms with Gasteiger partial charge >= 0.3 is 0 Å². The summed E-state index contributed by atoms with van der Waals surface area (Å²) in [6.07, 6.45) is 0. The lowest BCUT2D eigenvalue weighted by atomic mass is 10.1. The Labute approximate surface area is 119 Å². The number of carbonyl (C=O) groups excluding carboxylic acids is 1. The molecule has 20 heavy (non-hydrogen) atoms. The van der Waals surface area contributed by atoms with E-state index in [0.29, 0.717) is 11.3 Å². The molecule has 5 heteroatoms. The minimum atomic E-state index is -0.172. The van der Waals surface area contributed by atoms with Crippen LogP contribution in [0, 0.1) is 11.3 Å². The van der Waals surface area contributed by atoms with Crippen molar-refractivity contribution < 1.29 is 4.79 Å². The Kier molecular flexibility index (Phi) is 4.72. The second-order valence-electron chi connectivity index (χ2n) is 4.99. The van der Waals surface area contributed by atoms with Gasteiger partial charge in [-0.15, -0.1) is 0 Å². The molecule has 0 radical (unpaired) electrons. The molecule has 0 bridgehead atoms. The smallest absolute Gasteiger partial charge is 0.243 e. The van der Waals surface area contributed by atoms with Crippen molar-refractivity contribution in [2.45, 2.75) is 13.0 Å². The molecule has 2 rings (SSSR count). The van der Waals surface area contributed by atoms with Gasteiger partial charge < -0.3 is 10.2 Å². The second-order valence-corrected chi connectivity index (χ2v) is 4.99. The summed E-state index contributed by atoms with van der Waals surface area (Å²) < 4.78 is 0. The molecule has 1 fully saturated rings. The first-order chi connectivity index (χ1) is 9.65. The average molecular weight is 272 g/mol. The molecule has 1 aliphatic heterocycles. The SMILES string of the molecule is CC(C(=O)N(C)c1ccccc1C#N)N1CCNCC1. The number of carbonyl (C=O) groups is 1. The molecule has 5 nitrogen and oxygen atoms in total. The number of rotatable bonds is 3. The molecule has 0 aromatic heterocycles. The number of hydrogen-bond donors (Lipinski definition) is 1. The van der Waals surface area contributed by atoms with Crippen LogP contribution in [-0.2, 0) is 4.79 Å². The van der Waals surface area contributed by atoms with Crippen LogP contribution in [0.3, 0.4) is 0 Å². The number of amides is 1. The molecule has 0 spiro atoms. The normalized spacial score (nSPS) is 17.2. The van der Waals surface area contributed by atoms with Gasteiger partial charge in [0.2, 0.25) is 5.91 Å². The minimum Gasteiger partial charge on any atom is -0.314 e. The monoisotopic (exact) mass is 272 g/mol. The number of likely N-dealkylation sites (N-methyl/N-ethyl adjacent to an activating group) is 1. The number of nitrogens with zero attached hydrogens (tertiary/aromatic N) is 3. The van der Waals surface area contributed by atoms with Crippen LogP contribution in [0.1, 0.15) is 12.5 Å². The third-order valence-electron chi connectivity index (χ3n) is 3.77. The molecule has 0 aliphatic carbocycles. The van der Waals surface area contributed by atoms with E-state index >= 15 is 0 Å². The van der Waals surface area contributed by atoms with Crippen molar-refractivity contribution in [1.29, 1.82) is 5.26 Å². The highest BCUT2D eigenvalue weighted by molar-refractivity contribution is 5.97. The summed E-state index contributed by atoms with van der Waals surface area (Å²) >= 11 is 0. The highest BCUT2D eigenvalue weighted by Gasteiger charge is 2.26. The van der Waals surface area contributed by atoms with E-state index in [0.717, 1.165) is 26.2 Å². The topological polar surface area (TPSA) is 59.4 Å². The van der Waals surface area contributed by atoms with E-state index in [4.69, 9.17) is 5.26 Å². The minimum absolute atomic E-state index is 0.0228. The van der Waals surface area contributed by atoms with E-state index < -0.39 is 0 Å². The van der Waals surface area contributed by atoms with Crippen LogP contribution in [0.4, 0.5) is 5.69 Å². The predicted molar refractivity (Wildman–Crippen MR) is 78.5 cm³/mol. The molecular formula is C15H20N4O. The Hall–Kier alpha value is -1.90. The van der Waals surface area contributed by atoms with Crippen molar-refractivity contribution in [3.05, 3.63) is 29.8 Å². The molecule has 1 N–H and O–H groups in total. The number of piperazine rings is 1. The van der Waals surface area contributed by atoms with Gasteiger partial charge in [0.15, 0.2) is 0 Å². The predicted octanol–water partition coefficient (Wildman–Crippen LogP) is 0.815. The molecule has 1 aromatic rings. The Morgan fingerprint density at radius 2 is 2.05 bits per heavy atom. The first-order valence-electron chi connectivity index (χ1n) is 6.86. The van der Waals surface area contributed by atoms with Gasteiger partial charge in [-0.1, -0.05) is 12.1 Å². The van der Waals surface area contributed by atoms with Crippen LogP contribution < -0.4 is 10.2 Å². The molecule has 1 amide bonds. The van der Waals surface area contributed by atoms with E-state index in [-0.39, 0.29) is 11.9 Å². The maximum Gasteiger partial charge on any atom is 0.243 e. The van der Waals surface area contributed by atoms with E-state index in [1.165, 1.54) is 0 Å². The fourth-order valence-corrected chi connectivity index (χ4v) is 2.49. The summed E-state index contributed by atoms with van der Waals surface area (Å²) in [6.45, 7) is 5.51. The summed E-state index contributed by atoms with van der Waals surface area (Å²) in [5.41, 5.74) is 1.19.